The number of nitrogens with one attached hydrogen (secondary N) is 2. The van der Waals surface area contributed by atoms with Gasteiger partial charge in [0, 0.05) is 11.7 Å². The van der Waals surface area contributed by atoms with E-state index in [1.165, 1.54) is 44.8 Å². The van der Waals surface area contributed by atoms with E-state index in [2.05, 4.69) is 21.3 Å². The van der Waals surface area contributed by atoms with Gasteiger partial charge < -0.3 is 9.64 Å². The molecule has 0 aromatic heterocycles. The van der Waals surface area contributed by atoms with Crippen molar-refractivity contribution < 1.29 is 17.9 Å². The van der Waals surface area contributed by atoms with Crippen LogP contribution in [0.15, 0.2) is 24.3 Å². The molecule has 32 heavy (non-hydrogen) atoms. The van der Waals surface area contributed by atoms with Crippen molar-refractivity contribution in [2.75, 3.05) is 25.4 Å². The molecule has 1 fully saturated rings. The molecule has 182 valence electrons. The topological polar surface area (TPSA) is 87.7 Å². The molecule has 0 bridgehead atoms. The molecule has 1 aromatic rings. The lowest BCUT2D eigenvalue weighted by atomic mass is 9.80. The molecule has 1 aliphatic rings. The maximum Gasteiger partial charge on any atom is 0.307 e. The lowest BCUT2D eigenvalue weighted by Gasteiger charge is -2.46. The monoisotopic (exact) mass is 467 g/mol. The fourth-order valence-corrected chi connectivity index (χ4v) is 5.88. The molecule has 1 heterocycles. The van der Waals surface area contributed by atoms with Crippen LogP contribution in [-0.2, 0) is 26.2 Å². The minimum absolute atomic E-state index is 0.00683. The predicted octanol–water partition coefficient (Wildman–Crippen LogP) is 4.25. The molecule has 0 saturated carbocycles. The van der Waals surface area contributed by atoms with Crippen LogP contribution in [0.1, 0.15) is 77.2 Å². The first kappa shape index (κ1) is 26.6. The number of ether oxygens (including phenoxy) is 1. The zero-order chi connectivity index (χ0) is 23.6. The van der Waals surface area contributed by atoms with E-state index >= 15 is 0 Å². The van der Waals surface area contributed by atoms with Crippen LogP contribution < -0.4 is 9.44 Å². The van der Waals surface area contributed by atoms with E-state index in [0.717, 1.165) is 25.8 Å². The van der Waals surface area contributed by atoms with Crippen LogP contribution in [0.3, 0.4) is 0 Å². The summed E-state index contributed by atoms with van der Waals surface area (Å²) in [5.41, 5.74) is 0.805. The van der Waals surface area contributed by atoms with Crippen molar-refractivity contribution in [3.8, 4) is 0 Å². The molecule has 1 aromatic carbocycles. The fraction of sp³-hybridized carbons (Fsp3) is 0.708. The molecule has 2 unspecified atom stereocenters. The van der Waals surface area contributed by atoms with Gasteiger partial charge >= 0.3 is 5.97 Å². The Kier molecular flexibility index (Phi) is 10.4. The van der Waals surface area contributed by atoms with Crippen molar-refractivity contribution in [2.45, 2.75) is 89.6 Å². The lowest BCUT2D eigenvalue weighted by molar-refractivity contribution is -0.143. The van der Waals surface area contributed by atoms with Crippen LogP contribution in [0.4, 0.5) is 5.69 Å². The van der Waals surface area contributed by atoms with Gasteiger partial charge in [0.2, 0.25) is 0 Å². The molecule has 0 radical (unpaired) electrons. The number of benzene rings is 1. The van der Waals surface area contributed by atoms with E-state index in [0.29, 0.717) is 12.1 Å². The van der Waals surface area contributed by atoms with Crippen LogP contribution in [0.2, 0.25) is 0 Å². The Morgan fingerprint density at radius 2 is 1.81 bits per heavy atom. The second kappa shape index (κ2) is 12.6. The van der Waals surface area contributed by atoms with Gasteiger partial charge in [-0.3, -0.25) is 9.52 Å². The Labute approximate surface area is 194 Å². The van der Waals surface area contributed by atoms with Gasteiger partial charge in [0.1, 0.15) is 0 Å². The number of hydrogen-bond donors (Lipinski definition) is 2. The van der Waals surface area contributed by atoms with E-state index in [9.17, 15) is 13.2 Å². The molecule has 7 nitrogen and oxygen atoms in total. The summed E-state index contributed by atoms with van der Waals surface area (Å²) in [5, 5.41) is 0. The zero-order valence-corrected chi connectivity index (χ0v) is 21.0. The summed E-state index contributed by atoms with van der Waals surface area (Å²) in [6.45, 7) is 5.03. The van der Waals surface area contributed by atoms with Crippen molar-refractivity contribution in [1.82, 2.24) is 9.62 Å². The molecule has 1 saturated heterocycles. The van der Waals surface area contributed by atoms with Crippen molar-refractivity contribution >= 4 is 21.9 Å². The molecule has 8 heteroatoms. The number of likely N-dealkylation sites (tertiary alicyclic amines) is 1. The molecular weight excluding hydrogens is 426 g/mol. The van der Waals surface area contributed by atoms with Gasteiger partial charge in [-0.05, 0) is 63.9 Å². The summed E-state index contributed by atoms with van der Waals surface area (Å²) in [4.78, 5) is 14.2. The molecule has 2 atom stereocenters. The number of methoxy groups -OCH3 is 1. The number of rotatable bonds is 13. The molecule has 0 aliphatic carbocycles. The highest BCUT2D eigenvalue weighted by atomic mass is 32.2. The third-order valence-electron chi connectivity index (χ3n) is 6.64. The van der Waals surface area contributed by atoms with E-state index in [4.69, 9.17) is 4.74 Å². The molecule has 2 N–H and O–H groups in total. The van der Waals surface area contributed by atoms with Crippen molar-refractivity contribution in [2.24, 2.45) is 0 Å². The van der Waals surface area contributed by atoms with Gasteiger partial charge in [0.05, 0.1) is 19.1 Å². The molecular formula is C24H41N3O4S. The molecule has 1 aliphatic heterocycles. The summed E-state index contributed by atoms with van der Waals surface area (Å²) >= 11 is 0. The highest BCUT2D eigenvalue weighted by Crippen LogP contribution is 2.31. The third kappa shape index (κ3) is 8.05. The van der Waals surface area contributed by atoms with E-state index in [1.54, 1.807) is 12.1 Å². The fourth-order valence-electron chi connectivity index (χ4n) is 4.50. The normalized spacial score (nSPS) is 21.9. The number of esters is 1. The average molecular weight is 468 g/mol. The van der Waals surface area contributed by atoms with Crippen LogP contribution >= 0.6 is 0 Å². The van der Waals surface area contributed by atoms with Gasteiger partial charge in [-0.2, -0.15) is 13.1 Å². The summed E-state index contributed by atoms with van der Waals surface area (Å²) in [7, 11) is -0.609. The largest absolute Gasteiger partial charge is 0.469 e. The Morgan fingerprint density at radius 3 is 2.47 bits per heavy atom. The quantitative estimate of drug-likeness (QED) is 0.334. The number of unbranched alkanes of at least 4 members (excludes halogenated alkanes) is 5. The van der Waals surface area contributed by atoms with Crippen molar-refractivity contribution in [1.29, 1.82) is 0 Å². The van der Waals surface area contributed by atoms with Crippen molar-refractivity contribution in [3.63, 3.8) is 0 Å². The summed E-state index contributed by atoms with van der Waals surface area (Å²) in [6, 6.07) is 7.41. The number of anilines is 1. The first-order valence-corrected chi connectivity index (χ1v) is 13.4. The maximum atomic E-state index is 13.0. The Hall–Kier alpha value is -1.64. The number of likely N-dealkylation sites (N-methyl/N-ethyl adjacent to an activating group) is 1. The Balaban J connectivity index is 1.99. The molecule has 0 spiro atoms. The third-order valence-corrected chi connectivity index (χ3v) is 7.82. The Bertz CT molecular complexity index is 813. The van der Waals surface area contributed by atoms with E-state index in [-0.39, 0.29) is 12.5 Å². The molecule has 2 rings (SSSR count). The van der Waals surface area contributed by atoms with Gasteiger partial charge in [0.15, 0.2) is 0 Å². The second-order valence-corrected chi connectivity index (χ2v) is 10.5. The van der Waals surface area contributed by atoms with Crippen LogP contribution in [0, 0.1) is 0 Å². The minimum Gasteiger partial charge on any atom is -0.469 e. The highest BCUT2D eigenvalue weighted by Gasteiger charge is 2.45. The first-order valence-electron chi connectivity index (χ1n) is 11.9. The van der Waals surface area contributed by atoms with Gasteiger partial charge in [0.25, 0.3) is 10.2 Å². The lowest BCUT2D eigenvalue weighted by Crippen LogP contribution is -2.64. The summed E-state index contributed by atoms with van der Waals surface area (Å²) < 4.78 is 36.2. The standard InChI is InChI=1S/C24H41N3O4S/c1-5-6-7-8-9-10-12-21-13-15-22(16-14-21)25-32(29,30)26-24(19-23(28)31-4)17-11-18-27(3)20(24)2/h13-16,20,25-26H,5-12,17-19H2,1-4H3. The Morgan fingerprint density at radius 1 is 1.16 bits per heavy atom. The number of hydrogen-bond acceptors (Lipinski definition) is 5. The maximum absolute atomic E-state index is 13.0. The van der Waals surface area contributed by atoms with Crippen molar-refractivity contribution in [3.05, 3.63) is 29.8 Å². The number of carbonyl (C=O) groups excluding carboxylic acids is 1. The highest BCUT2D eigenvalue weighted by molar-refractivity contribution is 7.90. The van der Waals surface area contributed by atoms with Gasteiger partial charge in [-0.15, -0.1) is 0 Å². The number of piperidine rings is 1. The van der Waals surface area contributed by atoms with Gasteiger partial charge in [-0.25, -0.2) is 0 Å². The SMILES string of the molecule is CCCCCCCCc1ccc(NS(=O)(=O)NC2(CC(=O)OC)CCCN(C)C2C)cc1. The van der Waals surface area contributed by atoms with E-state index < -0.39 is 21.7 Å². The van der Waals surface area contributed by atoms with E-state index in [1.807, 2.05) is 26.1 Å². The van der Waals surface area contributed by atoms with Crippen LogP contribution in [0.25, 0.3) is 0 Å². The minimum atomic E-state index is -3.88. The summed E-state index contributed by atoms with van der Waals surface area (Å²) in [5.74, 6) is -0.422. The van der Waals surface area contributed by atoms with Crippen LogP contribution in [-0.4, -0.2) is 51.6 Å². The van der Waals surface area contributed by atoms with Gasteiger partial charge in [-0.1, -0.05) is 51.2 Å². The first-order chi connectivity index (χ1) is 15.2. The van der Waals surface area contributed by atoms with Crippen LogP contribution in [0.5, 0.6) is 0 Å². The molecule has 0 amide bonds. The predicted molar refractivity (Wildman–Crippen MR) is 130 cm³/mol. The zero-order valence-electron chi connectivity index (χ0n) is 20.2. The average Bonchev–Trinajstić information content (AvgIpc) is 2.75. The summed E-state index contributed by atoms with van der Waals surface area (Å²) in [6.07, 6.45) is 9.89. The number of nitrogens with zero attached hydrogens (tertiary/aromatic N) is 1. The smallest absolute Gasteiger partial charge is 0.307 e. The number of aryl methyl sites for hydroxylation is 1. The number of carbonyl (C=O) groups is 1. The second-order valence-electron chi connectivity index (χ2n) is 9.09.